The van der Waals surface area contributed by atoms with Crippen molar-refractivity contribution in [2.45, 2.75) is 31.7 Å². The van der Waals surface area contributed by atoms with Crippen LogP contribution in [0.1, 0.15) is 19.4 Å². The lowest BCUT2D eigenvalue weighted by Gasteiger charge is -2.09. The summed E-state index contributed by atoms with van der Waals surface area (Å²) in [7, 11) is -3.64. The summed E-state index contributed by atoms with van der Waals surface area (Å²) >= 11 is 0. The van der Waals surface area contributed by atoms with E-state index in [1.807, 2.05) is 0 Å². The molecule has 0 amide bonds. The van der Waals surface area contributed by atoms with E-state index in [4.69, 9.17) is 0 Å². The maximum absolute atomic E-state index is 13.1. The SMILES string of the molecule is Cc1ccc(S(=O)(=O)NC(C)C)[c]c1F. The Kier molecular flexibility index (Phi) is 3.46. The van der Waals surface area contributed by atoms with Crippen LogP contribution in [-0.2, 0) is 10.0 Å². The third-order valence-electron chi connectivity index (χ3n) is 1.74. The molecule has 0 unspecified atom stereocenters. The smallest absolute Gasteiger partial charge is 0.209 e. The summed E-state index contributed by atoms with van der Waals surface area (Å²) in [5.41, 5.74) is 0.374. The molecule has 0 spiro atoms. The van der Waals surface area contributed by atoms with Crippen LogP contribution < -0.4 is 4.72 Å². The van der Waals surface area contributed by atoms with Gasteiger partial charge in [0.2, 0.25) is 10.0 Å². The van der Waals surface area contributed by atoms with Crippen molar-refractivity contribution in [3.05, 3.63) is 29.6 Å². The van der Waals surface area contributed by atoms with E-state index in [9.17, 15) is 12.8 Å². The van der Waals surface area contributed by atoms with E-state index >= 15 is 0 Å². The van der Waals surface area contributed by atoms with Crippen molar-refractivity contribution in [3.8, 4) is 0 Å². The predicted octanol–water partition coefficient (Wildman–Crippen LogP) is 1.62. The molecule has 1 aromatic carbocycles. The van der Waals surface area contributed by atoms with E-state index in [0.717, 1.165) is 0 Å². The van der Waals surface area contributed by atoms with Crippen LogP contribution >= 0.6 is 0 Å². The first-order valence-electron chi connectivity index (χ1n) is 4.53. The van der Waals surface area contributed by atoms with Gasteiger partial charge in [-0.25, -0.2) is 17.5 Å². The Morgan fingerprint density at radius 1 is 1.40 bits per heavy atom. The van der Waals surface area contributed by atoms with Crippen molar-refractivity contribution in [1.82, 2.24) is 4.72 Å². The fourth-order valence-corrected chi connectivity index (χ4v) is 2.27. The van der Waals surface area contributed by atoms with Crippen molar-refractivity contribution in [3.63, 3.8) is 0 Å². The lowest BCUT2D eigenvalue weighted by atomic mass is 10.2. The van der Waals surface area contributed by atoms with Gasteiger partial charge in [-0.05, 0) is 32.4 Å². The van der Waals surface area contributed by atoms with Crippen LogP contribution in [0.25, 0.3) is 0 Å². The number of halogens is 1. The fraction of sp³-hybridized carbons (Fsp3) is 0.400. The second kappa shape index (κ2) is 4.28. The van der Waals surface area contributed by atoms with Gasteiger partial charge in [-0.15, -0.1) is 0 Å². The Balaban J connectivity index is 3.11. The van der Waals surface area contributed by atoms with Crippen LogP contribution in [0, 0.1) is 18.8 Å². The average molecular weight is 230 g/mol. The minimum atomic E-state index is -3.64. The number of nitrogens with one attached hydrogen (secondary N) is 1. The summed E-state index contributed by atoms with van der Waals surface area (Å²) in [5.74, 6) is -0.637. The van der Waals surface area contributed by atoms with Crippen molar-refractivity contribution in [2.24, 2.45) is 0 Å². The highest BCUT2D eigenvalue weighted by atomic mass is 32.2. The van der Waals surface area contributed by atoms with Crippen LogP contribution in [-0.4, -0.2) is 14.5 Å². The molecule has 5 heteroatoms. The molecular formula is C10H13FNO2S. The molecule has 1 N–H and O–H groups in total. The van der Waals surface area contributed by atoms with Gasteiger partial charge >= 0.3 is 0 Å². The average Bonchev–Trinajstić information content (AvgIpc) is 2.07. The quantitative estimate of drug-likeness (QED) is 0.857. The summed E-state index contributed by atoms with van der Waals surface area (Å²) in [6.07, 6.45) is 0. The van der Waals surface area contributed by atoms with Crippen LogP contribution in [0.2, 0.25) is 0 Å². The second-order valence-electron chi connectivity index (χ2n) is 3.60. The van der Waals surface area contributed by atoms with Crippen LogP contribution in [0.15, 0.2) is 17.0 Å². The molecule has 3 nitrogen and oxygen atoms in total. The summed E-state index contributed by atoms with van der Waals surface area (Å²) in [5, 5.41) is 0. The molecule has 0 saturated heterocycles. The van der Waals surface area contributed by atoms with Gasteiger partial charge in [-0.2, -0.15) is 0 Å². The Morgan fingerprint density at radius 3 is 2.47 bits per heavy atom. The maximum atomic E-state index is 13.1. The van der Waals surface area contributed by atoms with Gasteiger partial charge < -0.3 is 0 Å². The first-order valence-corrected chi connectivity index (χ1v) is 6.02. The molecule has 0 saturated carbocycles. The molecule has 1 radical (unpaired) electrons. The largest absolute Gasteiger partial charge is 0.241 e. The molecule has 0 aliphatic heterocycles. The Morgan fingerprint density at radius 2 is 2.00 bits per heavy atom. The number of hydrogen-bond donors (Lipinski definition) is 1. The maximum Gasteiger partial charge on any atom is 0.241 e. The number of hydrogen-bond acceptors (Lipinski definition) is 2. The molecule has 0 aliphatic rings. The molecule has 0 aromatic heterocycles. The lowest BCUT2D eigenvalue weighted by molar-refractivity contribution is 0.565. The van der Waals surface area contributed by atoms with Gasteiger partial charge in [0.15, 0.2) is 0 Å². The fourth-order valence-electron chi connectivity index (χ4n) is 1.05. The van der Waals surface area contributed by atoms with Gasteiger partial charge in [-0.3, -0.25) is 0 Å². The predicted molar refractivity (Wildman–Crippen MR) is 55.4 cm³/mol. The van der Waals surface area contributed by atoms with Crippen molar-refractivity contribution in [1.29, 1.82) is 0 Å². The van der Waals surface area contributed by atoms with Gasteiger partial charge in [0, 0.05) is 12.1 Å². The van der Waals surface area contributed by atoms with Crippen LogP contribution in [0.5, 0.6) is 0 Å². The first-order chi connectivity index (χ1) is 6.83. The van der Waals surface area contributed by atoms with Gasteiger partial charge in [0.05, 0.1) is 4.90 Å². The summed E-state index contributed by atoms with van der Waals surface area (Å²) in [6, 6.07) is 4.73. The lowest BCUT2D eigenvalue weighted by Crippen LogP contribution is -2.30. The van der Waals surface area contributed by atoms with Gasteiger partial charge in [-0.1, -0.05) is 6.07 Å². The Bertz CT molecular complexity index is 454. The molecule has 0 atom stereocenters. The third kappa shape index (κ3) is 3.00. The monoisotopic (exact) mass is 230 g/mol. The van der Waals surface area contributed by atoms with E-state index in [1.54, 1.807) is 20.8 Å². The zero-order valence-corrected chi connectivity index (χ0v) is 9.65. The highest BCUT2D eigenvalue weighted by Crippen LogP contribution is 2.13. The molecule has 0 aliphatic carbocycles. The number of aryl methyl sites for hydroxylation is 1. The van der Waals surface area contributed by atoms with Gasteiger partial charge in [0.1, 0.15) is 5.82 Å². The second-order valence-corrected chi connectivity index (χ2v) is 5.28. The minimum Gasteiger partial charge on any atom is -0.209 e. The van der Waals surface area contributed by atoms with Crippen molar-refractivity contribution >= 4 is 10.0 Å². The Labute approximate surface area is 89.4 Å². The van der Waals surface area contributed by atoms with E-state index in [1.165, 1.54) is 12.1 Å². The highest BCUT2D eigenvalue weighted by Gasteiger charge is 2.16. The third-order valence-corrected chi connectivity index (χ3v) is 3.34. The zero-order chi connectivity index (χ0) is 11.6. The Hall–Kier alpha value is -0.940. The molecule has 1 rings (SSSR count). The molecule has 0 heterocycles. The molecule has 83 valence electrons. The van der Waals surface area contributed by atoms with Crippen molar-refractivity contribution < 1.29 is 12.8 Å². The normalized spacial score (nSPS) is 12.1. The molecule has 15 heavy (non-hydrogen) atoms. The molecule has 0 fully saturated rings. The minimum absolute atomic E-state index is 0.167. The summed E-state index contributed by atoms with van der Waals surface area (Å²) in [4.78, 5) is -0.167. The van der Waals surface area contributed by atoms with E-state index in [-0.39, 0.29) is 10.9 Å². The number of rotatable bonds is 3. The van der Waals surface area contributed by atoms with Crippen LogP contribution in [0.3, 0.4) is 0 Å². The summed E-state index contributed by atoms with van der Waals surface area (Å²) in [6.45, 7) is 4.95. The molecule has 1 aromatic rings. The van der Waals surface area contributed by atoms with E-state index in [0.29, 0.717) is 5.56 Å². The highest BCUT2D eigenvalue weighted by molar-refractivity contribution is 7.89. The zero-order valence-electron chi connectivity index (χ0n) is 8.83. The number of sulfonamides is 1. The summed E-state index contributed by atoms with van der Waals surface area (Å²) < 4.78 is 38.6. The standard InChI is InChI=1S/C10H13FNO2S/c1-7(2)12-15(13,14)9-5-4-8(3)10(11)6-9/h4-5,7,12H,1-3H3. The first kappa shape index (κ1) is 12.1. The molecule has 0 bridgehead atoms. The van der Waals surface area contributed by atoms with E-state index in [2.05, 4.69) is 10.8 Å². The van der Waals surface area contributed by atoms with Crippen molar-refractivity contribution in [2.75, 3.05) is 0 Å². The van der Waals surface area contributed by atoms with E-state index < -0.39 is 15.8 Å². The van der Waals surface area contributed by atoms with Crippen LogP contribution in [0.4, 0.5) is 4.39 Å². The van der Waals surface area contributed by atoms with Gasteiger partial charge in [0.25, 0.3) is 0 Å². The topological polar surface area (TPSA) is 46.2 Å². The number of benzene rings is 1. The molecular weight excluding hydrogens is 217 g/mol.